The second kappa shape index (κ2) is 7.40. The van der Waals surface area contributed by atoms with Gasteiger partial charge in [-0.1, -0.05) is 6.92 Å². The maximum absolute atomic E-state index is 5.99. The van der Waals surface area contributed by atoms with Crippen LogP contribution in [0.15, 0.2) is 0 Å². The van der Waals surface area contributed by atoms with E-state index in [1.165, 1.54) is 0 Å². The van der Waals surface area contributed by atoms with E-state index in [4.69, 9.17) is 19.9 Å². The zero-order chi connectivity index (χ0) is 13.6. The molecular formula is C13H28N2O3. The number of hydrogen-bond donors (Lipinski definition) is 1. The van der Waals surface area contributed by atoms with E-state index in [0.717, 1.165) is 32.5 Å². The molecule has 2 N–H and O–H groups in total. The van der Waals surface area contributed by atoms with Crippen LogP contribution in [-0.2, 0) is 14.2 Å². The van der Waals surface area contributed by atoms with Crippen LogP contribution in [0.5, 0.6) is 0 Å². The fourth-order valence-corrected chi connectivity index (χ4v) is 2.42. The van der Waals surface area contributed by atoms with Crippen molar-refractivity contribution in [2.75, 3.05) is 40.5 Å². The molecule has 1 rings (SSSR count). The van der Waals surface area contributed by atoms with Gasteiger partial charge in [0.2, 0.25) is 0 Å². The molecule has 2 atom stereocenters. The summed E-state index contributed by atoms with van der Waals surface area (Å²) in [7, 11) is 3.33. The van der Waals surface area contributed by atoms with Gasteiger partial charge in [-0.2, -0.15) is 0 Å². The molecule has 0 aromatic heterocycles. The number of nitrogens with two attached hydrogens (primary N) is 1. The molecule has 1 heterocycles. The Labute approximate surface area is 111 Å². The summed E-state index contributed by atoms with van der Waals surface area (Å²) in [5.74, 6) is 0. The van der Waals surface area contributed by atoms with Gasteiger partial charge in [-0.25, -0.2) is 0 Å². The average molecular weight is 260 g/mol. The Balaban J connectivity index is 2.66. The highest BCUT2D eigenvalue weighted by atomic mass is 16.7. The first kappa shape index (κ1) is 15.9. The van der Waals surface area contributed by atoms with Crippen LogP contribution in [0, 0.1) is 0 Å². The van der Waals surface area contributed by atoms with Crippen molar-refractivity contribution in [2.24, 2.45) is 5.73 Å². The first-order chi connectivity index (χ1) is 8.59. The summed E-state index contributed by atoms with van der Waals surface area (Å²) < 4.78 is 16.3. The first-order valence-electron chi connectivity index (χ1n) is 6.72. The third kappa shape index (κ3) is 3.90. The minimum absolute atomic E-state index is 0.103. The molecule has 2 unspecified atom stereocenters. The number of methoxy groups -OCH3 is 2. The van der Waals surface area contributed by atoms with Crippen molar-refractivity contribution in [3.8, 4) is 0 Å². The van der Waals surface area contributed by atoms with Crippen molar-refractivity contribution in [1.29, 1.82) is 0 Å². The molecule has 0 aliphatic carbocycles. The van der Waals surface area contributed by atoms with Crippen LogP contribution in [0.1, 0.15) is 26.7 Å². The highest BCUT2D eigenvalue weighted by Gasteiger charge is 2.36. The van der Waals surface area contributed by atoms with Gasteiger partial charge >= 0.3 is 0 Å². The van der Waals surface area contributed by atoms with Crippen molar-refractivity contribution in [2.45, 2.75) is 44.6 Å². The van der Waals surface area contributed by atoms with Gasteiger partial charge in [0.15, 0.2) is 6.29 Å². The summed E-state index contributed by atoms with van der Waals surface area (Å²) >= 11 is 0. The molecule has 0 aromatic carbocycles. The summed E-state index contributed by atoms with van der Waals surface area (Å²) in [5.41, 5.74) is 5.89. The number of ether oxygens (including phenoxy) is 3. The minimum Gasteiger partial charge on any atom is -0.376 e. The third-order valence-corrected chi connectivity index (χ3v) is 3.93. The third-order valence-electron chi connectivity index (χ3n) is 3.93. The van der Waals surface area contributed by atoms with Crippen LogP contribution < -0.4 is 5.73 Å². The monoisotopic (exact) mass is 260 g/mol. The Morgan fingerprint density at radius 3 is 2.61 bits per heavy atom. The second-order valence-corrected chi connectivity index (χ2v) is 5.15. The van der Waals surface area contributed by atoms with Crippen molar-refractivity contribution in [3.05, 3.63) is 0 Å². The first-order valence-corrected chi connectivity index (χ1v) is 6.72. The van der Waals surface area contributed by atoms with E-state index >= 15 is 0 Å². The molecular weight excluding hydrogens is 232 g/mol. The van der Waals surface area contributed by atoms with Crippen molar-refractivity contribution < 1.29 is 14.2 Å². The van der Waals surface area contributed by atoms with E-state index in [0.29, 0.717) is 12.6 Å². The molecule has 1 aliphatic rings. The molecule has 108 valence electrons. The molecule has 5 nitrogen and oxygen atoms in total. The zero-order valence-electron chi connectivity index (χ0n) is 12.1. The molecule has 0 saturated carbocycles. The molecule has 5 heteroatoms. The van der Waals surface area contributed by atoms with Gasteiger partial charge in [0.25, 0.3) is 0 Å². The Hall–Kier alpha value is -0.200. The van der Waals surface area contributed by atoms with Crippen molar-refractivity contribution >= 4 is 0 Å². The van der Waals surface area contributed by atoms with Crippen LogP contribution in [0.4, 0.5) is 0 Å². The van der Waals surface area contributed by atoms with Crippen molar-refractivity contribution in [1.82, 2.24) is 4.90 Å². The van der Waals surface area contributed by atoms with Crippen LogP contribution in [-0.4, -0.2) is 63.3 Å². The summed E-state index contributed by atoms with van der Waals surface area (Å²) in [6.07, 6.45) is 1.91. The van der Waals surface area contributed by atoms with Crippen LogP contribution in [0.25, 0.3) is 0 Å². The molecule has 0 aromatic rings. The topological polar surface area (TPSA) is 57.0 Å². The smallest absolute Gasteiger partial charge is 0.158 e. The predicted octanol–water partition coefficient (Wildman–Crippen LogP) is 0.824. The molecule has 0 amide bonds. The Bertz CT molecular complexity index is 236. The highest BCUT2D eigenvalue weighted by molar-refractivity contribution is 4.91. The van der Waals surface area contributed by atoms with Gasteiger partial charge in [0.1, 0.15) is 0 Å². The average Bonchev–Trinajstić information content (AvgIpc) is 2.44. The Morgan fingerprint density at radius 2 is 2.11 bits per heavy atom. The molecule has 0 bridgehead atoms. The summed E-state index contributed by atoms with van der Waals surface area (Å²) in [4.78, 5) is 2.41. The van der Waals surface area contributed by atoms with E-state index in [1.807, 2.05) is 0 Å². The molecule has 18 heavy (non-hydrogen) atoms. The zero-order valence-corrected chi connectivity index (χ0v) is 12.1. The lowest BCUT2D eigenvalue weighted by Crippen LogP contribution is -2.59. The molecule has 1 aliphatic heterocycles. The van der Waals surface area contributed by atoms with E-state index in [1.54, 1.807) is 14.2 Å². The Morgan fingerprint density at radius 1 is 1.44 bits per heavy atom. The van der Waals surface area contributed by atoms with Crippen molar-refractivity contribution in [3.63, 3.8) is 0 Å². The molecule has 1 saturated heterocycles. The number of morpholine rings is 1. The highest BCUT2D eigenvalue weighted by Crippen LogP contribution is 2.25. The van der Waals surface area contributed by atoms with Gasteiger partial charge < -0.3 is 19.9 Å². The predicted molar refractivity (Wildman–Crippen MR) is 71.5 cm³/mol. The van der Waals surface area contributed by atoms with Gasteiger partial charge in [0.05, 0.1) is 12.7 Å². The number of nitrogens with zero attached hydrogens (tertiary/aromatic N) is 1. The fraction of sp³-hybridized carbons (Fsp3) is 1.00. The lowest BCUT2D eigenvalue weighted by molar-refractivity contribution is -0.140. The number of rotatable bonds is 7. The minimum atomic E-state index is -0.207. The van der Waals surface area contributed by atoms with Gasteiger partial charge in [-0.3, -0.25) is 4.90 Å². The van der Waals surface area contributed by atoms with Gasteiger partial charge in [-0.05, 0) is 13.3 Å². The fourth-order valence-electron chi connectivity index (χ4n) is 2.42. The van der Waals surface area contributed by atoms with E-state index in [9.17, 15) is 0 Å². The summed E-state index contributed by atoms with van der Waals surface area (Å²) in [6.45, 7) is 7.55. The quantitative estimate of drug-likeness (QED) is 0.687. The molecule has 0 radical (unpaired) electrons. The summed E-state index contributed by atoms with van der Waals surface area (Å²) in [6, 6.07) is 0. The van der Waals surface area contributed by atoms with Crippen LogP contribution in [0.2, 0.25) is 0 Å². The van der Waals surface area contributed by atoms with E-state index in [-0.39, 0.29) is 11.8 Å². The molecule has 0 spiro atoms. The Kier molecular flexibility index (Phi) is 6.52. The maximum Gasteiger partial charge on any atom is 0.158 e. The second-order valence-electron chi connectivity index (χ2n) is 5.15. The summed E-state index contributed by atoms with van der Waals surface area (Å²) in [5, 5.41) is 0. The largest absolute Gasteiger partial charge is 0.376 e. The normalized spacial score (nSPS) is 25.3. The van der Waals surface area contributed by atoms with Crippen LogP contribution in [0.3, 0.4) is 0 Å². The van der Waals surface area contributed by atoms with E-state index in [2.05, 4.69) is 18.7 Å². The lowest BCUT2D eigenvalue weighted by Gasteiger charge is -2.45. The van der Waals surface area contributed by atoms with E-state index < -0.39 is 0 Å². The molecule has 1 fully saturated rings. The number of hydrogen-bond acceptors (Lipinski definition) is 5. The van der Waals surface area contributed by atoms with Gasteiger partial charge in [0, 0.05) is 45.8 Å². The maximum atomic E-state index is 5.99. The SMILES string of the molecule is CCC1CN(C(C)(CN)CC(OC)OC)CCO1. The van der Waals surface area contributed by atoms with Gasteiger partial charge in [-0.15, -0.1) is 0 Å². The van der Waals surface area contributed by atoms with Crippen LogP contribution >= 0.6 is 0 Å². The standard InChI is InChI=1S/C13H28N2O3/c1-5-11-9-15(6-7-18-11)13(2,10-14)8-12(16-3)17-4/h11-12H,5-10,14H2,1-4H3. The lowest BCUT2D eigenvalue weighted by atomic mass is 9.93.